The third kappa shape index (κ3) is 2.08. The van der Waals surface area contributed by atoms with E-state index in [2.05, 4.69) is 11.0 Å². The minimum atomic E-state index is -0.260. The Balaban J connectivity index is 1.94. The molecule has 0 N–H and O–H groups in total. The zero-order chi connectivity index (χ0) is 15.1. The Morgan fingerprint density at radius 1 is 1.09 bits per heavy atom. The zero-order valence-corrected chi connectivity index (χ0v) is 12.8. The van der Waals surface area contributed by atoms with E-state index < -0.39 is 0 Å². The molecule has 0 amide bonds. The van der Waals surface area contributed by atoms with E-state index in [1.54, 1.807) is 0 Å². The minimum Gasteiger partial charge on any atom is -0.455 e. The predicted octanol–water partition coefficient (Wildman–Crippen LogP) is 4.52. The molecule has 0 radical (unpaired) electrons. The van der Waals surface area contributed by atoms with Crippen molar-refractivity contribution >= 4 is 22.5 Å². The van der Waals surface area contributed by atoms with Gasteiger partial charge in [0.25, 0.3) is 0 Å². The van der Waals surface area contributed by atoms with Crippen LogP contribution >= 0.6 is 11.6 Å². The van der Waals surface area contributed by atoms with Gasteiger partial charge in [-0.05, 0) is 42.6 Å². The van der Waals surface area contributed by atoms with Crippen LogP contribution in [-0.4, -0.2) is 11.8 Å². The summed E-state index contributed by atoms with van der Waals surface area (Å²) >= 11 is 5.92. The molecule has 3 nitrogen and oxygen atoms in total. The number of carbonyl (C=O) groups excluding carboxylic acids is 1. The Morgan fingerprint density at radius 3 is 2.64 bits per heavy atom. The molecule has 2 heterocycles. The van der Waals surface area contributed by atoms with Crippen molar-refractivity contribution in [3.8, 4) is 11.5 Å². The third-order valence-corrected chi connectivity index (χ3v) is 4.84. The molecule has 2 aliphatic rings. The lowest BCUT2D eigenvalue weighted by atomic mass is 9.85. The second-order valence-corrected chi connectivity index (χ2v) is 6.17. The molecule has 1 fully saturated rings. The molecule has 0 unspecified atom stereocenters. The molecule has 0 aromatic heterocycles. The molecule has 0 spiro atoms. The van der Waals surface area contributed by atoms with Crippen molar-refractivity contribution in [1.82, 2.24) is 0 Å². The normalized spacial score (nSPS) is 22.7. The summed E-state index contributed by atoms with van der Waals surface area (Å²) < 4.78 is 6.13. The number of fused-ring (bicyclic) bond motifs is 5. The number of para-hydroxylation sites is 3. The van der Waals surface area contributed by atoms with Crippen LogP contribution in [0.2, 0.25) is 0 Å². The zero-order valence-electron chi connectivity index (χ0n) is 12.0. The van der Waals surface area contributed by atoms with Gasteiger partial charge in [0.05, 0.1) is 17.6 Å². The standard InChI is InChI=1S/C18H16ClNO2/c19-18(21)13-7-5-11-20-14-8-2-4-10-16(14)22-15-9-3-1-6-12(15)17(13)20/h1-4,6,8-10,13,17H,5,7,11H2/t13-,17+/m1/s1. The number of rotatable bonds is 1. The number of carbonyl (C=O) groups is 1. The highest BCUT2D eigenvalue weighted by Gasteiger charge is 2.40. The third-order valence-electron chi connectivity index (χ3n) is 4.55. The molecule has 0 bridgehead atoms. The fraction of sp³-hybridized carbons (Fsp3) is 0.278. The highest BCUT2D eigenvalue weighted by atomic mass is 35.5. The lowest BCUT2D eigenvalue weighted by Gasteiger charge is -2.40. The van der Waals surface area contributed by atoms with Crippen LogP contribution in [0.5, 0.6) is 11.5 Å². The fourth-order valence-electron chi connectivity index (χ4n) is 3.61. The molecule has 2 atom stereocenters. The molecule has 112 valence electrons. The smallest absolute Gasteiger partial charge is 0.227 e. The summed E-state index contributed by atoms with van der Waals surface area (Å²) in [4.78, 5) is 14.3. The first-order chi connectivity index (χ1) is 10.8. The minimum absolute atomic E-state index is 0.0569. The molecule has 0 saturated carbocycles. The van der Waals surface area contributed by atoms with Crippen molar-refractivity contribution < 1.29 is 9.53 Å². The van der Waals surface area contributed by atoms with Crippen LogP contribution in [0.4, 0.5) is 5.69 Å². The Labute approximate surface area is 134 Å². The molecule has 0 aliphatic carbocycles. The molecule has 4 heteroatoms. The maximum atomic E-state index is 12.0. The average molecular weight is 314 g/mol. The highest BCUT2D eigenvalue weighted by Crippen LogP contribution is 2.49. The maximum absolute atomic E-state index is 12.0. The summed E-state index contributed by atoms with van der Waals surface area (Å²) in [6.45, 7) is 0.903. The van der Waals surface area contributed by atoms with Gasteiger partial charge in [-0.1, -0.05) is 30.3 Å². The monoisotopic (exact) mass is 313 g/mol. The lowest BCUT2D eigenvalue weighted by molar-refractivity contribution is -0.116. The largest absolute Gasteiger partial charge is 0.455 e. The van der Waals surface area contributed by atoms with Crippen molar-refractivity contribution in [1.29, 1.82) is 0 Å². The fourth-order valence-corrected chi connectivity index (χ4v) is 3.83. The van der Waals surface area contributed by atoms with Gasteiger partial charge in [-0.2, -0.15) is 0 Å². The van der Waals surface area contributed by atoms with Crippen molar-refractivity contribution in [3.05, 3.63) is 54.1 Å². The van der Waals surface area contributed by atoms with Crippen LogP contribution < -0.4 is 9.64 Å². The summed E-state index contributed by atoms with van der Waals surface area (Å²) in [7, 11) is 0. The van der Waals surface area contributed by atoms with Crippen LogP contribution in [0.25, 0.3) is 0 Å². The van der Waals surface area contributed by atoms with Crippen LogP contribution in [0.1, 0.15) is 24.4 Å². The number of anilines is 1. The van der Waals surface area contributed by atoms with E-state index in [1.165, 1.54) is 0 Å². The molecule has 1 saturated heterocycles. The maximum Gasteiger partial charge on any atom is 0.227 e. The first kappa shape index (κ1) is 13.6. The topological polar surface area (TPSA) is 29.5 Å². The van der Waals surface area contributed by atoms with Gasteiger partial charge in [0.2, 0.25) is 5.24 Å². The van der Waals surface area contributed by atoms with Crippen LogP contribution in [-0.2, 0) is 4.79 Å². The predicted molar refractivity (Wildman–Crippen MR) is 86.6 cm³/mol. The Morgan fingerprint density at radius 2 is 1.82 bits per heavy atom. The molecule has 2 aliphatic heterocycles. The number of nitrogens with zero attached hydrogens (tertiary/aromatic N) is 1. The Kier molecular flexibility index (Phi) is 3.30. The SMILES string of the molecule is O=C(Cl)[C@@H]1CCCN2c3ccccc3Oc3ccccc3[C@@H]12. The van der Waals surface area contributed by atoms with Crippen molar-refractivity contribution in [2.45, 2.75) is 18.9 Å². The molecule has 4 rings (SSSR count). The summed E-state index contributed by atoms with van der Waals surface area (Å²) in [6.07, 6.45) is 1.77. The van der Waals surface area contributed by atoms with Crippen molar-refractivity contribution in [3.63, 3.8) is 0 Å². The number of hydrogen-bond donors (Lipinski definition) is 0. The van der Waals surface area contributed by atoms with E-state index in [0.717, 1.165) is 42.1 Å². The molecular formula is C18H16ClNO2. The summed E-state index contributed by atoms with van der Waals surface area (Å²) in [5, 5.41) is -0.260. The molecular weight excluding hydrogens is 298 g/mol. The van der Waals surface area contributed by atoms with Gasteiger partial charge in [0, 0.05) is 12.1 Å². The van der Waals surface area contributed by atoms with Gasteiger partial charge in [0.1, 0.15) is 5.75 Å². The van der Waals surface area contributed by atoms with Crippen LogP contribution in [0.3, 0.4) is 0 Å². The average Bonchev–Trinajstić information content (AvgIpc) is 2.69. The van der Waals surface area contributed by atoms with Gasteiger partial charge in [-0.3, -0.25) is 4.79 Å². The Bertz CT molecular complexity index is 731. The number of halogens is 1. The van der Waals surface area contributed by atoms with E-state index in [-0.39, 0.29) is 17.2 Å². The number of benzene rings is 2. The van der Waals surface area contributed by atoms with E-state index in [4.69, 9.17) is 16.3 Å². The summed E-state index contributed by atoms with van der Waals surface area (Å²) in [5.74, 6) is 1.44. The van der Waals surface area contributed by atoms with E-state index >= 15 is 0 Å². The first-order valence-corrected chi connectivity index (χ1v) is 7.95. The summed E-state index contributed by atoms with van der Waals surface area (Å²) in [5.41, 5.74) is 2.07. The van der Waals surface area contributed by atoms with Gasteiger partial charge < -0.3 is 9.64 Å². The van der Waals surface area contributed by atoms with Crippen molar-refractivity contribution in [2.75, 3.05) is 11.4 Å². The van der Waals surface area contributed by atoms with E-state index in [1.807, 2.05) is 42.5 Å². The van der Waals surface area contributed by atoms with Crippen LogP contribution in [0, 0.1) is 5.92 Å². The van der Waals surface area contributed by atoms with Crippen molar-refractivity contribution in [2.24, 2.45) is 5.92 Å². The van der Waals surface area contributed by atoms with Gasteiger partial charge in [0.15, 0.2) is 5.75 Å². The van der Waals surface area contributed by atoms with E-state index in [0.29, 0.717) is 0 Å². The first-order valence-electron chi connectivity index (χ1n) is 7.57. The Hall–Kier alpha value is -2.00. The van der Waals surface area contributed by atoms with Crippen LogP contribution in [0.15, 0.2) is 48.5 Å². The van der Waals surface area contributed by atoms with Gasteiger partial charge in [-0.15, -0.1) is 0 Å². The lowest BCUT2D eigenvalue weighted by Crippen LogP contribution is -2.40. The van der Waals surface area contributed by atoms with Gasteiger partial charge >= 0.3 is 0 Å². The summed E-state index contributed by atoms with van der Waals surface area (Å²) in [6, 6.07) is 15.9. The quantitative estimate of drug-likeness (QED) is 0.725. The molecule has 22 heavy (non-hydrogen) atoms. The number of piperidine rings is 1. The van der Waals surface area contributed by atoms with Gasteiger partial charge in [-0.25, -0.2) is 0 Å². The second-order valence-electron chi connectivity index (χ2n) is 5.80. The molecule has 2 aromatic carbocycles. The van der Waals surface area contributed by atoms with E-state index in [9.17, 15) is 4.79 Å². The number of hydrogen-bond acceptors (Lipinski definition) is 3. The second kappa shape index (κ2) is 5.33. The number of ether oxygens (including phenoxy) is 1. The molecule has 2 aromatic rings. The highest BCUT2D eigenvalue weighted by molar-refractivity contribution is 6.64.